The molecule has 3 aromatic rings. The number of aryl methyl sites for hydroxylation is 1. The van der Waals surface area contributed by atoms with Crippen molar-refractivity contribution < 1.29 is 28.6 Å². The van der Waals surface area contributed by atoms with Gasteiger partial charge in [0, 0.05) is 30.5 Å². The molecule has 0 saturated heterocycles. The summed E-state index contributed by atoms with van der Waals surface area (Å²) in [5.74, 6) is -1.02. The van der Waals surface area contributed by atoms with Gasteiger partial charge in [-0.15, -0.1) is 0 Å². The number of nitrogens with zero attached hydrogens (tertiary/aromatic N) is 1. The summed E-state index contributed by atoms with van der Waals surface area (Å²) in [7, 11) is 1.49. The van der Waals surface area contributed by atoms with Gasteiger partial charge in [0.1, 0.15) is 18.0 Å². The van der Waals surface area contributed by atoms with E-state index in [0.29, 0.717) is 42.9 Å². The lowest BCUT2D eigenvalue weighted by atomic mass is 9.91. The summed E-state index contributed by atoms with van der Waals surface area (Å²) in [6.45, 7) is 1.82. The Balaban J connectivity index is 1.53. The summed E-state index contributed by atoms with van der Waals surface area (Å²) in [5.41, 5.74) is 2.29. The molecule has 0 bridgehead atoms. The Morgan fingerprint density at radius 1 is 1.14 bits per heavy atom. The Hall–Kier alpha value is -3.58. The van der Waals surface area contributed by atoms with Gasteiger partial charge in [-0.3, -0.25) is 9.59 Å². The first-order valence-corrected chi connectivity index (χ1v) is 12.4. The number of carbonyl (C=O) groups excluding carboxylic acids is 1. The lowest BCUT2D eigenvalue weighted by molar-refractivity contribution is -0.137. The van der Waals surface area contributed by atoms with Crippen LogP contribution in [-0.4, -0.2) is 47.7 Å². The summed E-state index contributed by atoms with van der Waals surface area (Å²) in [4.78, 5) is 26.3. The second-order valence-electron chi connectivity index (χ2n) is 9.53. The van der Waals surface area contributed by atoms with Gasteiger partial charge in [-0.1, -0.05) is 48.0 Å². The van der Waals surface area contributed by atoms with Crippen molar-refractivity contribution in [2.45, 2.75) is 38.2 Å². The summed E-state index contributed by atoms with van der Waals surface area (Å²) in [5, 5.41) is 9.48. The molecule has 0 radical (unpaired) electrons. The molecular formula is C29H29ClFNO5. The summed E-state index contributed by atoms with van der Waals surface area (Å²) in [6, 6.07) is 17.8. The highest BCUT2D eigenvalue weighted by molar-refractivity contribution is 6.30. The van der Waals surface area contributed by atoms with Crippen LogP contribution in [0.5, 0.6) is 11.5 Å². The monoisotopic (exact) mass is 525 g/mol. The highest BCUT2D eigenvalue weighted by atomic mass is 35.5. The maximum absolute atomic E-state index is 14.0. The molecule has 6 nitrogen and oxygen atoms in total. The van der Waals surface area contributed by atoms with E-state index in [1.165, 1.54) is 24.1 Å². The van der Waals surface area contributed by atoms with E-state index >= 15 is 0 Å². The molecule has 1 aliphatic heterocycles. The largest absolute Gasteiger partial charge is 0.493 e. The number of hydrogen-bond donors (Lipinski definition) is 1. The van der Waals surface area contributed by atoms with Crippen LogP contribution >= 0.6 is 11.6 Å². The molecule has 0 aromatic heterocycles. The molecule has 1 N–H and O–H groups in total. The van der Waals surface area contributed by atoms with Crippen LogP contribution in [0.3, 0.4) is 0 Å². The van der Waals surface area contributed by atoms with Crippen LogP contribution in [0.25, 0.3) is 0 Å². The van der Waals surface area contributed by atoms with Gasteiger partial charge in [-0.25, -0.2) is 4.39 Å². The van der Waals surface area contributed by atoms with Crippen molar-refractivity contribution in [2.75, 3.05) is 20.2 Å². The number of hydrogen-bond acceptors (Lipinski definition) is 4. The summed E-state index contributed by atoms with van der Waals surface area (Å²) >= 11 is 5.82. The number of ether oxygens (including phenoxy) is 2. The number of benzene rings is 3. The number of halogens is 2. The molecule has 1 aliphatic rings. The number of carbonyl (C=O) groups is 2. The molecule has 1 amide bonds. The van der Waals surface area contributed by atoms with Gasteiger partial charge in [-0.05, 0) is 55.2 Å². The quantitative estimate of drug-likeness (QED) is 0.374. The molecule has 0 fully saturated rings. The minimum Gasteiger partial charge on any atom is -0.493 e. The van der Waals surface area contributed by atoms with Crippen molar-refractivity contribution >= 4 is 23.5 Å². The van der Waals surface area contributed by atoms with Crippen LogP contribution < -0.4 is 9.47 Å². The molecule has 0 spiro atoms. The van der Waals surface area contributed by atoms with Gasteiger partial charge in [-0.2, -0.15) is 0 Å². The normalized spacial score (nSPS) is 16.1. The van der Waals surface area contributed by atoms with Crippen molar-refractivity contribution in [3.63, 3.8) is 0 Å². The zero-order valence-corrected chi connectivity index (χ0v) is 21.6. The van der Waals surface area contributed by atoms with Crippen molar-refractivity contribution in [1.29, 1.82) is 0 Å². The lowest BCUT2D eigenvalue weighted by Crippen LogP contribution is -2.36. The molecule has 0 saturated carbocycles. The molecule has 3 aromatic carbocycles. The van der Waals surface area contributed by atoms with E-state index in [2.05, 4.69) is 0 Å². The first-order chi connectivity index (χ1) is 17.7. The fourth-order valence-electron chi connectivity index (χ4n) is 4.76. The van der Waals surface area contributed by atoms with E-state index < -0.39 is 23.9 Å². The molecule has 0 unspecified atom stereocenters. The molecule has 0 aliphatic carbocycles. The Bertz CT molecular complexity index is 1300. The Morgan fingerprint density at radius 3 is 2.57 bits per heavy atom. The number of carboxylic acid groups (broad SMARTS) is 1. The highest BCUT2D eigenvalue weighted by Crippen LogP contribution is 2.44. The third kappa shape index (κ3) is 6.41. The molecule has 8 heteroatoms. The Labute approximate surface area is 220 Å². The van der Waals surface area contributed by atoms with Crippen LogP contribution in [0.2, 0.25) is 5.02 Å². The number of rotatable bonds is 10. The molecule has 37 heavy (non-hydrogen) atoms. The molecule has 1 heterocycles. The smallest absolute Gasteiger partial charge is 0.323 e. The fraction of sp³-hybridized carbons (Fsp3) is 0.310. The number of amides is 1. The van der Waals surface area contributed by atoms with Crippen LogP contribution in [0, 0.1) is 5.82 Å². The van der Waals surface area contributed by atoms with E-state index in [1.54, 1.807) is 18.2 Å². The second-order valence-corrected chi connectivity index (χ2v) is 9.94. The number of aliphatic carboxylic acids is 1. The number of fused-ring (bicyclic) bond motifs is 1. The van der Waals surface area contributed by atoms with Gasteiger partial charge >= 0.3 is 5.97 Å². The van der Waals surface area contributed by atoms with Gasteiger partial charge in [0.25, 0.3) is 5.91 Å². The molecule has 194 valence electrons. The van der Waals surface area contributed by atoms with E-state index in [-0.39, 0.29) is 10.9 Å². The van der Waals surface area contributed by atoms with Gasteiger partial charge in [0.2, 0.25) is 0 Å². The first kappa shape index (κ1) is 26.5. The fourth-order valence-corrected chi connectivity index (χ4v) is 4.88. The maximum Gasteiger partial charge on any atom is 0.323 e. The molecule has 1 atom stereocenters. The van der Waals surface area contributed by atoms with Crippen LogP contribution in [-0.2, 0) is 24.1 Å². The zero-order valence-electron chi connectivity index (χ0n) is 20.8. The molecular weight excluding hydrogens is 497 g/mol. The SMILES string of the molecule is COc1cc(C(=O)N(CCCc2ccccc2)CC(=O)O)cc2c1O[C@](C)(Cc1ccc(Cl)c(F)c1)C2. The third-order valence-electron chi connectivity index (χ3n) is 6.42. The van der Waals surface area contributed by atoms with E-state index in [1.807, 2.05) is 37.3 Å². The minimum atomic E-state index is -1.08. The predicted octanol–water partition coefficient (Wildman–Crippen LogP) is 5.58. The average Bonchev–Trinajstić information content (AvgIpc) is 3.20. The van der Waals surface area contributed by atoms with E-state index in [4.69, 9.17) is 21.1 Å². The van der Waals surface area contributed by atoms with Crippen molar-refractivity contribution in [3.05, 3.63) is 93.8 Å². The Kier molecular flexibility index (Phi) is 8.03. The van der Waals surface area contributed by atoms with Crippen molar-refractivity contribution in [2.24, 2.45) is 0 Å². The average molecular weight is 526 g/mol. The van der Waals surface area contributed by atoms with Gasteiger partial charge in [0.15, 0.2) is 11.5 Å². The van der Waals surface area contributed by atoms with E-state index in [9.17, 15) is 19.1 Å². The van der Waals surface area contributed by atoms with Crippen LogP contribution in [0.15, 0.2) is 60.7 Å². The second kappa shape index (κ2) is 11.2. The zero-order chi connectivity index (χ0) is 26.6. The summed E-state index contributed by atoms with van der Waals surface area (Å²) < 4.78 is 25.8. The number of carboxylic acids is 1. The maximum atomic E-state index is 14.0. The predicted molar refractivity (Wildman–Crippen MR) is 139 cm³/mol. The minimum absolute atomic E-state index is 0.0593. The topological polar surface area (TPSA) is 76.1 Å². The molecule has 4 rings (SSSR count). The highest BCUT2D eigenvalue weighted by Gasteiger charge is 2.38. The number of methoxy groups -OCH3 is 1. The van der Waals surface area contributed by atoms with Gasteiger partial charge in [0.05, 0.1) is 12.1 Å². The third-order valence-corrected chi connectivity index (χ3v) is 6.73. The standard InChI is InChI=1S/C29H29ClFNO5/c1-29(16-20-10-11-23(30)24(31)13-20)17-22-14-21(15-25(36-2)27(22)37-29)28(35)32(18-26(33)34)12-6-9-19-7-4-3-5-8-19/h3-5,7-8,10-11,13-15H,6,9,12,16-18H2,1-2H3,(H,33,34)/t29-/m1/s1. The summed E-state index contributed by atoms with van der Waals surface area (Å²) in [6.07, 6.45) is 2.25. The lowest BCUT2D eigenvalue weighted by Gasteiger charge is -2.24. The van der Waals surface area contributed by atoms with Gasteiger partial charge < -0.3 is 19.5 Å². The Morgan fingerprint density at radius 2 is 1.89 bits per heavy atom. The van der Waals surface area contributed by atoms with Crippen LogP contribution in [0.4, 0.5) is 4.39 Å². The van der Waals surface area contributed by atoms with Crippen LogP contribution in [0.1, 0.15) is 40.4 Å². The van der Waals surface area contributed by atoms with Crippen molar-refractivity contribution in [3.8, 4) is 11.5 Å². The van der Waals surface area contributed by atoms with E-state index in [0.717, 1.165) is 23.1 Å². The first-order valence-electron chi connectivity index (χ1n) is 12.1. The van der Waals surface area contributed by atoms with Crippen molar-refractivity contribution in [1.82, 2.24) is 4.90 Å².